The second-order valence-electron chi connectivity index (χ2n) is 8.13. The second kappa shape index (κ2) is 7.44. The molecule has 2 fully saturated rings. The van der Waals surface area contributed by atoms with E-state index in [0.29, 0.717) is 10.9 Å². The lowest BCUT2D eigenvalue weighted by Crippen LogP contribution is -2.38. The molecule has 1 saturated carbocycles. The Hall–Kier alpha value is -2.41. The van der Waals surface area contributed by atoms with E-state index in [-0.39, 0.29) is 5.92 Å². The lowest BCUT2D eigenvalue weighted by molar-refractivity contribution is -0.135. The van der Waals surface area contributed by atoms with E-state index in [0.717, 1.165) is 73.8 Å². The Bertz CT molecular complexity index is 1070. The van der Waals surface area contributed by atoms with Crippen LogP contribution in [0.15, 0.2) is 18.2 Å². The molecule has 0 atom stereocenters. The second-order valence-corrected chi connectivity index (χ2v) is 8.56. The molecule has 0 bridgehead atoms. The molecule has 7 nitrogen and oxygen atoms in total. The van der Waals surface area contributed by atoms with Crippen molar-refractivity contribution in [3.63, 3.8) is 0 Å². The van der Waals surface area contributed by atoms with Crippen LogP contribution in [0.5, 0.6) is 0 Å². The van der Waals surface area contributed by atoms with Gasteiger partial charge in [-0.25, -0.2) is 9.38 Å². The molecule has 3 heterocycles. The predicted octanol–water partition coefficient (Wildman–Crippen LogP) is 3.47. The first-order valence-corrected chi connectivity index (χ1v) is 10.8. The molecule has 1 aliphatic heterocycles. The molecule has 1 aromatic carbocycles. The van der Waals surface area contributed by atoms with Crippen molar-refractivity contribution >= 4 is 40.0 Å². The van der Waals surface area contributed by atoms with E-state index in [2.05, 4.69) is 20.0 Å². The van der Waals surface area contributed by atoms with E-state index in [9.17, 15) is 4.79 Å². The number of halogens is 1. The van der Waals surface area contributed by atoms with Crippen LogP contribution in [0.1, 0.15) is 37.9 Å². The van der Waals surface area contributed by atoms with Crippen molar-refractivity contribution in [1.82, 2.24) is 24.5 Å². The molecule has 8 heteroatoms. The van der Waals surface area contributed by atoms with Crippen molar-refractivity contribution in [3.8, 4) is 0 Å². The Labute approximate surface area is 174 Å². The first-order chi connectivity index (χ1) is 14.1. The molecule has 0 spiro atoms. The first-order valence-electron chi connectivity index (χ1n) is 10.5. The number of amides is 1. The summed E-state index contributed by atoms with van der Waals surface area (Å²) in [4.78, 5) is 22.1. The van der Waals surface area contributed by atoms with Crippen LogP contribution < -0.4 is 4.90 Å². The summed E-state index contributed by atoms with van der Waals surface area (Å²) in [6.07, 6.45) is 5.39. The smallest absolute Gasteiger partial charge is 0.225 e. The third-order valence-electron chi connectivity index (χ3n) is 6.24. The Morgan fingerprint density at radius 2 is 1.90 bits per heavy atom. The summed E-state index contributed by atoms with van der Waals surface area (Å²) < 4.78 is 2.02. The number of aromatic nitrogens is 4. The average molecular weight is 413 g/mol. The van der Waals surface area contributed by atoms with E-state index >= 15 is 0 Å². The van der Waals surface area contributed by atoms with E-state index in [4.69, 9.17) is 16.6 Å². The molecule has 152 valence electrons. The fourth-order valence-electron chi connectivity index (χ4n) is 4.70. The monoisotopic (exact) mass is 412 g/mol. The molecule has 0 N–H and O–H groups in total. The molecule has 5 rings (SSSR count). The number of anilines is 1. The van der Waals surface area contributed by atoms with Crippen LogP contribution in [0.3, 0.4) is 0 Å². The summed E-state index contributed by atoms with van der Waals surface area (Å²) in [5, 5.41) is 10.3. The van der Waals surface area contributed by atoms with Gasteiger partial charge in [0.15, 0.2) is 5.65 Å². The minimum atomic E-state index is 0.231. The maximum Gasteiger partial charge on any atom is 0.225 e. The number of nitrogens with zero attached hydrogens (tertiary/aromatic N) is 6. The highest BCUT2D eigenvalue weighted by molar-refractivity contribution is 6.31. The van der Waals surface area contributed by atoms with Gasteiger partial charge in [0.1, 0.15) is 5.82 Å². The largest absolute Gasteiger partial charge is 0.341 e. The van der Waals surface area contributed by atoms with Gasteiger partial charge in [-0.1, -0.05) is 24.4 Å². The van der Waals surface area contributed by atoms with Crippen LogP contribution in [0.25, 0.3) is 16.6 Å². The van der Waals surface area contributed by atoms with Gasteiger partial charge in [0.05, 0.1) is 5.52 Å². The molecule has 29 heavy (non-hydrogen) atoms. The molecule has 0 radical (unpaired) electrons. The van der Waals surface area contributed by atoms with Crippen molar-refractivity contribution in [2.45, 2.75) is 39.0 Å². The van der Waals surface area contributed by atoms with Crippen LogP contribution in [0.2, 0.25) is 5.02 Å². The molecule has 2 aliphatic rings. The van der Waals surface area contributed by atoms with Crippen LogP contribution in [-0.4, -0.2) is 56.6 Å². The van der Waals surface area contributed by atoms with E-state index in [1.807, 2.05) is 29.5 Å². The highest BCUT2D eigenvalue weighted by atomic mass is 35.5. The summed E-state index contributed by atoms with van der Waals surface area (Å²) in [7, 11) is 0. The standard InChI is InChI=1S/C21H25ClN6O/c1-14-24-25-19-17-8-7-16(22)13-18(17)23-21(28(14)19)27-10-4-9-26(11-12-27)20(29)15-5-2-3-6-15/h7-8,13,15H,2-6,9-12H2,1H3. The van der Waals surface area contributed by atoms with Gasteiger partial charge >= 0.3 is 0 Å². The number of carbonyl (C=O) groups excluding carboxylic acids is 1. The molecule has 3 aromatic rings. The minimum Gasteiger partial charge on any atom is -0.341 e. The average Bonchev–Trinajstić information content (AvgIpc) is 3.31. The summed E-state index contributed by atoms with van der Waals surface area (Å²) in [5.74, 6) is 2.21. The Kier molecular flexibility index (Phi) is 4.78. The SMILES string of the molecule is Cc1nnc2c3ccc(Cl)cc3nc(N3CCCN(C(=O)C4CCCC4)CC3)n12. The lowest BCUT2D eigenvalue weighted by atomic mass is 10.1. The molecule has 0 unspecified atom stereocenters. The highest BCUT2D eigenvalue weighted by Gasteiger charge is 2.29. The molecule has 1 saturated heterocycles. The van der Waals surface area contributed by atoms with E-state index < -0.39 is 0 Å². The quantitative estimate of drug-likeness (QED) is 0.644. The molecular weight excluding hydrogens is 388 g/mol. The van der Waals surface area contributed by atoms with Crippen molar-refractivity contribution in [2.75, 3.05) is 31.1 Å². The zero-order valence-electron chi connectivity index (χ0n) is 16.6. The highest BCUT2D eigenvalue weighted by Crippen LogP contribution is 2.29. The molecule has 2 aromatic heterocycles. The third-order valence-corrected chi connectivity index (χ3v) is 6.48. The van der Waals surface area contributed by atoms with Gasteiger partial charge in [0.2, 0.25) is 11.9 Å². The Morgan fingerprint density at radius 3 is 2.72 bits per heavy atom. The van der Waals surface area contributed by atoms with Crippen LogP contribution in [-0.2, 0) is 4.79 Å². The van der Waals surface area contributed by atoms with Gasteiger partial charge in [-0.15, -0.1) is 10.2 Å². The van der Waals surface area contributed by atoms with E-state index in [1.165, 1.54) is 12.8 Å². The van der Waals surface area contributed by atoms with Gasteiger partial charge < -0.3 is 9.80 Å². The van der Waals surface area contributed by atoms with E-state index in [1.54, 1.807) is 0 Å². The third kappa shape index (κ3) is 3.31. The van der Waals surface area contributed by atoms with Crippen LogP contribution in [0, 0.1) is 12.8 Å². The van der Waals surface area contributed by atoms with Crippen molar-refractivity contribution < 1.29 is 4.79 Å². The minimum absolute atomic E-state index is 0.231. The Morgan fingerprint density at radius 1 is 1.07 bits per heavy atom. The number of hydrogen-bond acceptors (Lipinski definition) is 5. The van der Waals surface area contributed by atoms with Crippen molar-refractivity contribution in [2.24, 2.45) is 5.92 Å². The summed E-state index contributed by atoms with van der Waals surface area (Å²) >= 11 is 6.21. The van der Waals surface area contributed by atoms with Crippen molar-refractivity contribution in [1.29, 1.82) is 0 Å². The topological polar surface area (TPSA) is 66.6 Å². The summed E-state index contributed by atoms with van der Waals surface area (Å²) in [6, 6.07) is 5.67. The van der Waals surface area contributed by atoms with Crippen LogP contribution in [0.4, 0.5) is 5.95 Å². The number of rotatable bonds is 2. The number of carbonyl (C=O) groups is 1. The van der Waals surface area contributed by atoms with Gasteiger partial charge in [0, 0.05) is 42.5 Å². The number of hydrogen-bond donors (Lipinski definition) is 0. The summed E-state index contributed by atoms with van der Waals surface area (Å²) in [6.45, 7) is 5.09. The van der Waals surface area contributed by atoms with Gasteiger partial charge in [-0.3, -0.25) is 4.79 Å². The van der Waals surface area contributed by atoms with Gasteiger partial charge in [0.25, 0.3) is 0 Å². The maximum atomic E-state index is 12.9. The maximum absolute atomic E-state index is 12.9. The fraction of sp³-hybridized carbons (Fsp3) is 0.524. The number of benzene rings is 1. The lowest BCUT2D eigenvalue weighted by Gasteiger charge is -2.25. The first kappa shape index (κ1) is 18.6. The van der Waals surface area contributed by atoms with Crippen molar-refractivity contribution in [3.05, 3.63) is 29.0 Å². The summed E-state index contributed by atoms with van der Waals surface area (Å²) in [5.41, 5.74) is 1.61. The van der Waals surface area contributed by atoms with Gasteiger partial charge in [-0.2, -0.15) is 0 Å². The number of aryl methyl sites for hydroxylation is 1. The zero-order valence-corrected chi connectivity index (χ0v) is 17.4. The number of fused-ring (bicyclic) bond motifs is 3. The Balaban J connectivity index is 1.48. The van der Waals surface area contributed by atoms with Gasteiger partial charge in [-0.05, 0) is 44.4 Å². The molecular formula is C21H25ClN6O. The normalized spacial score (nSPS) is 18.7. The molecule has 1 aliphatic carbocycles. The fourth-order valence-corrected chi connectivity index (χ4v) is 4.87. The molecule has 1 amide bonds. The van der Waals surface area contributed by atoms with Crippen LogP contribution >= 0.6 is 11.6 Å². The zero-order chi connectivity index (χ0) is 20.0. The predicted molar refractivity (Wildman–Crippen MR) is 113 cm³/mol.